The largest absolute Gasteiger partial charge is 0.480 e. The van der Waals surface area contributed by atoms with Crippen LogP contribution in [0, 0.1) is 6.92 Å². The predicted octanol–water partition coefficient (Wildman–Crippen LogP) is 3.17. The van der Waals surface area contributed by atoms with Crippen LogP contribution < -0.4 is 5.56 Å². The fourth-order valence-electron chi connectivity index (χ4n) is 2.91. The Morgan fingerprint density at radius 1 is 1.31 bits per heavy atom. The number of thiophene rings is 1. The molecule has 3 rings (SSSR count). The van der Waals surface area contributed by atoms with Crippen LogP contribution in [0.2, 0.25) is 0 Å². The van der Waals surface area contributed by atoms with Crippen molar-refractivity contribution in [3.63, 3.8) is 0 Å². The van der Waals surface area contributed by atoms with Crippen molar-refractivity contribution in [3.8, 4) is 11.4 Å². The second-order valence-corrected chi connectivity index (χ2v) is 6.74. The highest BCUT2D eigenvalue weighted by Crippen LogP contribution is 2.28. The molecule has 0 amide bonds. The van der Waals surface area contributed by atoms with Gasteiger partial charge in [0.15, 0.2) is 0 Å². The number of benzene rings is 1. The van der Waals surface area contributed by atoms with Gasteiger partial charge in [-0.15, -0.1) is 11.3 Å². The lowest BCUT2D eigenvalue weighted by Crippen LogP contribution is -2.32. The molecule has 0 fully saturated rings. The standard InChI is InChI=1S/C18H16N2O5S/c1-3-12(18(24)25)20-14(10-6-4-5-9(2)7-10)19-15-13(16(20)21)11(8-26-15)17(22)23/h4-8,12H,3H2,1-2H3,(H,22,23)(H,24,25). The number of nitrogens with zero attached hydrogens (tertiary/aromatic N) is 2. The van der Waals surface area contributed by atoms with Gasteiger partial charge in [-0.25, -0.2) is 14.6 Å². The first-order valence-corrected chi connectivity index (χ1v) is 8.80. The van der Waals surface area contributed by atoms with E-state index in [9.17, 15) is 24.6 Å². The van der Waals surface area contributed by atoms with Gasteiger partial charge in [0.2, 0.25) is 0 Å². The number of aromatic nitrogens is 2. The number of aryl methyl sites for hydroxylation is 1. The van der Waals surface area contributed by atoms with Gasteiger partial charge in [-0.1, -0.05) is 30.7 Å². The molecule has 7 nitrogen and oxygen atoms in total. The number of rotatable bonds is 5. The Morgan fingerprint density at radius 2 is 2.04 bits per heavy atom. The van der Waals surface area contributed by atoms with Crippen molar-refractivity contribution in [3.05, 3.63) is 51.1 Å². The van der Waals surface area contributed by atoms with Crippen LogP contribution in [0.4, 0.5) is 0 Å². The predicted molar refractivity (Wildman–Crippen MR) is 98.0 cm³/mol. The number of carboxylic acids is 2. The van der Waals surface area contributed by atoms with E-state index in [2.05, 4.69) is 4.98 Å². The minimum Gasteiger partial charge on any atom is -0.480 e. The zero-order valence-corrected chi connectivity index (χ0v) is 14.9. The summed E-state index contributed by atoms with van der Waals surface area (Å²) in [6.07, 6.45) is 0.161. The van der Waals surface area contributed by atoms with E-state index in [4.69, 9.17) is 0 Å². The SMILES string of the molecule is CCC(C(=O)O)n1c(-c2cccc(C)c2)nc2scc(C(=O)O)c2c1=O. The lowest BCUT2D eigenvalue weighted by Gasteiger charge is -2.18. The Labute approximate surface area is 152 Å². The Morgan fingerprint density at radius 3 is 2.62 bits per heavy atom. The van der Waals surface area contributed by atoms with E-state index in [0.29, 0.717) is 5.56 Å². The molecule has 0 spiro atoms. The molecule has 0 aliphatic carbocycles. The molecular weight excluding hydrogens is 356 g/mol. The van der Waals surface area contributed by atoms with E-state index in [0.717, 1.165) is 21.5 Å². The quantitative estimate of drug-likeness (QED) is 0.712. The van der Waals surface area contributed by atoms with Crippen molar-refractivity contribution in [1.29, 1.82) is 0 Å². The number of aromatic carboxylic acids is 1. The normalized spacial score (nSPS) is 12.2. The third kappa shape index (κ3) is 2.88. The lowest BCUT2D eigenvalue weighted by atomic mass is 10.1. The minimum absolute atomic E-state index is 0.0568. The maximum atomic E-state index is 13.1. The number of hydrogen-bond acceptors (Lipinski definition) is 5. The topological polar surface area (TPSA) is 109 Å². The van der Waals surface area contributed by atoms with Gasteiger partial charge in [-0.3, -0.25) is 9.36 Å². The lowest BCUT2D eigenvalue weighted by molar-refractivity contribution is -0.141. The van der Waals surface area contributed by atoms with E-state index >= 15 is 0 Å². The Balaban J connectivity index is 2.45. The summed E-state index contributed by atoms with van der Waals surface area (Å²) in [6, 6.07) is 6.09. The molecule has 26 heavy (non-hydrogen) atoms. The summed E-state index contributed by atoms with van der Waals surface area (Å²) in [4.78, 5) is 41.0. The molecular formula is C18H16N2O5S. The highest BCUT2D eigenvalue weighted by molar-refractivity contribution is 7.17. The fraction of sp³-hybridized carbons (Fsp3) is 0.222. The summed E-state index contributed by atoms with van der Waals surface area (Å²) in [7, 11) is 0. The Bertz CT molecular complexity index is 1080. The summed E-state index contributed by atoms with van der Waals surface area (Å²) in [5.41, 5.74) is 0.727. The van der Waals surface area contributed by atoms with Crippen LogP contribution >= 0.6 is 11.3 Å². The zero-order chi connectivity index (χ0) is 19.0. The maximum Gasteiger partial charge on any atom is 0.337 e. The third-order valence-corrected chi connectivity index (χ3v) is 5.00. The van der Waals surface area contributed by atoms with Crippen LogP contribution in [0.1, 0.15) is 35.3 Å². The van der Waals surface area contributed by atoms with E-state index in [-0.39, 0.29) is 28.0 Å². The highest BCUT2D eigenvalue weighted by atomic mass is 32.1. The second-order valence-electron chi connectivity index (χ2n) is 5.88. The van der Waals surface area contributed by atoms with Gasteiger partial charge < -0.3 is 10.2 Å². The number of carboxylic acid groups (broad SMARTS) is 2. The summed E-state index contributed by atoms with van der Waals surface area (Å²) >= 11 is 1.05. The first kappa shape index (κ1) is 17.8. The second kappa shape index (κ2) is 6.72. The first-order valence-electron chi connectivity index (χ1n) is 7.92. The number of aliphatic carboxylic acids is 1. The van der Waals surface area contributed by atoms with Crippen LogP contribution in [0.25, 0.3) is 21.6 Å². The Hall–Kier alpha value is -3.00. The molecule has 1 atom stereocenters. The summed E-state index contributed by atoms with van der Waals surface area (Å²) in [5.74, 6) is -2.19. The molecule has 2 aromatic heterocycles. The van der Waals surface area contributed by atoms with Gasteiger partial charge in [0.25, 0.3) is 5.56 Å². The molecule has 2 N–H and O–H groups in total. The average molecular weight is 372 g/mol. The highest BCUT2D eigenvalue weighted by Gasteiger charge is 2.27. The van der Waals surface area contributed by atoms with E-state index in [1.54, 1.807) is 19.1 Å². The van der Waals surface area contributed by atoms with Crippen LogP contribution in [0.3, 0.4) is 0 Å². The van der Waals surface area contributed by atoms with Gasteiger partial charge in [0.1, 0.15) is 16.7 Å². The molecule has 1 unspecified atom stereocenters. The molecule has 3 aromatic rings. The monoisotopic (exact) mass is 372 g/mol. The third-order valence-electron chi connectivity index (χ3n) is 4.13. The molecule has 1 aromatic carbocycles. The van der Waals surface area contributed by atoms with Gasteiger partial charge in [-0.05, 0) is 19.4 Å². The van der Waals surface area contributed by atoms with Crippen LogP contribution in [0.5, 0.6) is 0 Å². The van der Waals surface area contributed by atoms with E-state index in [1.165, 1.54) is 5.38 Å². The molecule has 8 heteroatoms. The molecule has 2 heterocycles. The van der Waals surface area contributed by atoms with Crippen molar-refractivity contribution in [2.45, 2.75) is 26.3 Å². The van der Waals surface area contributed by atoms with Crippen molar-refractivity contribution >= 4 is 33.5 Å². The zero-order valence-electron chi connectivity index (χ0n) is 14.1. The summed E-state index contributed by atoms with van der Waals surface area (Å²) < 4.78 is 1.10. The van der Waals surface area contributed by atoms with Gasteiger partial charge in [0.05, 0.1) is 10.9 Å². The fourth-order valence-corrected chi connectivity index (χ4v) is 3.81. The van der Waals surface area contributed by atoms with Crippen molar-refractivity contribution in [2.75, 3.05) is 0 Å². The van der Waals surface area contributed by atoms with E-state index < -0.39 is 23.5 Å². The molecule has 0 aliphatic rings. The molecule has 0 bridgehead atoms. The number of carbonyl (C=O) groups is 2. The molecule has 0 saturated heterocycles. The molecule has 0 radical (unpaired) electrons. The van der Waals surface area contributed by atoms with Crippen molar-refractivity contribution in [1.82, 2.24) is 9.55 Å². The Kier molecular flexibility index (Phi) is 4.60. The summed E-state index contributed by atoms with van der Waals surface area (Å²) in [6.45, 7) is 3.54. The van der Waals surface area contributed by atoms with Crippen LogP contribution in [-0.2, 0) is 4.79 Å². The molecule has 0 aliphatic heterocycles. The number of hydrogen-bond donors (Lipinski definition) is 2. The van der Waals surface area contributed by atoms with Gasteiger partial charge in [-0.2, -0.15) is 0 Å². The number of fused-ring (bicyclic) bond motifs is 1. The maximum absolute atomic E-state index is 13.1. The summed E-state index contributed by atoms with van der Waals surface area (Å²) in [5, 5.41) is 20.2. The molecule has 0 saturated carbocycles. The smallest absolute Gasteiger partial charge is 0.337 e. The van der Waals surface area contributed by atoms with Crippen molar-refractivity contribution < 1.29 is 19.8 Å². The van der Waals surface area contributed by atoms with E-state index in [1.807, 2.05) is 19.1 Å². The van der Waals surface area contributed by atoms with Gasteiger partial charge in [0, 0.05) is 10.9 Å². The van der Waals surface area contributed by atoms with Gasteiger partial charge >= 0.3 is 11.9 Å². The molecule has 134 valence electrons. The van der Waals surface area contributed by atoms with Crippen molar-refractivity contribution in [2.24, 2.45) is 0 Å². The minimum atomic E-state index is -1.24. The average Bonchev–Trinajstić information content (AvgIpc) is 3.01. The first-order chi connectivity index (χ1) is 12.3. The van der Waals surface area contributed by atoms with Crippen LogP contribution in [-0.4, -0.2) is 31.7 Å². The van der Waals surface area contributed by atoms with Crippen LogP contribution in [0.15, 0.2) is 34.4 Å².